The summed E-state index contributed by atoms with van der Waals surface area (Å²) >= 11 is 0. The van der Waals surface area contributed by atoms with E-state index in [-0.39, 0.29) is 18.3 Å². The number of nitrogens with two attached hydrogens (primary N) is 1. The number of morpholine rings is 1. The number of halogens is 1. The summed E-state index contributed by atoms with van der Waals surface area (Å²) in [6.45, 7) is 3.58. The minimum absolute atomic E-state index is 0. The number of primary amides is 1. The normalized spacial score (nSPS) is 20.5. The third kappa shape index (κ3) is 4.84. The van der Waals surface area contributed by atoms with Gasteiger partial charge in [0.15, 0.2) is 0 Å². The van der Waals surface area contributed by atoms with Gasteiger partial charge in [-0.05, 0) is 37.5 Å². The van der Waals surface area contributed by atoms with Crippen molar-refractivity contribution in [1.29, 1.82) is 0 Å². The van der Waals surface area contributed by atoms with Gasteiger partial charge in [-0.2, -0.15) is 0 Å². The van der Waals surface area contributed by atoms with Crippen LogP contribution in [0.5, 0.6) is 0 Å². The first-order valence-corrected chi connectivity index (χ1v) is 8.47. The molecule has 1 unspecified atom stereocenters. The molecule has 8 heteroatoms. The van der Waals surface area contributed by atoms with Gasteiger partial charge in [-0.25, -0.2) is 0 Å². The number of anilines is 2. The van der Waals surface area contributed by atoms with Crippen LogP contribution in [-0.2, 0) is 9.53 Å². The lowest BCUT2D eigenvalue weighted by molar-refractivity contribution is -0.128. The molecular formula is C17H25ClN4O3. The molecule has 7 nitrogen and oxygen atoms in total. The molecule has 1 aromatic carbocycles. The van der Waals surface area contributed by atoms with Crippen molar-refractivity contribution in [3.8, 4) is 0 Å². The zero-order valence-corrected chi connectivity index (χ0v) is 14.9. The number of rotatable bonds is 4. The van der Waals surface area contributed by atoms with Crippen molar-refractivity contribution in [2.45, 2.75) is 25.4 Å². The number of carbonyl (C=O) groups is 2. The summed E-state index contributed by atoms with van der Waals surface area (Å²) in [5.74, 6) is -0.633. The number of benzene rings is 1. The first-order chi connectivity index (χ1) is 11.6. The van der Waals surface area contributed by atoms with Crippen LogP contribution < -0.4 is 21.3 Å². The minimum Gasteiger partial charge on any atom is -0.371 e. The van der Waals surface area contributed by atoms with Crippen LogP contribution in [0, 0.1) is 0 Å². The summed E-state index contributed by atoms with van der Waals surface area (Å²) in [5.41, 5.74) is 7.45. The van der Waals surface area contributed by atoms with Crippen molar-refractivity contribution >= 4 is 35.6 Å². The van der Waals surface area contributed by atoms with E-state index in [0.29, 0.717) is 24.4 Å². The van der Waals surface area contributed by atoms with Crippen molar-refractivity contribution in [1.82, 2.24) is 5.32 Å². The minimum atomic E-state index is -0.493. The second kappa shape index (κ2) is 9.03. The molecule has 0 aliphatic carbocycles. The number of hydrogen-bond donors (Lipinski definition) is 3. The molecule has 3 rings (SSSR count). The molecular weight excluding hydrogens is 344 g/mol. The van der Waals surface area contributed by atoms with Gasteiger partial charge in [0.2, 0.25) is 0 Å². The second-order valence-corrected chi connectivity index (χ2v) is 6.20. The Bertz CT molecular complexity index is 614. The fourth-order valence-electron chi connectivity index (χ4n) is 3.17. The van der Waals surface area contributed by atoms with Gasteiger partial charge in [0.05, 0.1) is 17.9 Å². The van der Waals surface area contributed by atoms with Crippen molar-refractivity contribution < 1.29 is 14.3 Å². The van der Waals surface area contributed by atoms with E-state index in [1.54, 1.807) is 12.1 Å². The number of piperidine rings is 1. The molecule has 0 radical (unpaired) electrons. The molecule has 0 bridgehead atoms. The van der Waals surface area contributed by atoms with E-state index in [2.05, 4.69) is 15.5 Å². The Morgan fingerprint density at radius 1 is 1.24 bits per heavy atom. The highest BCUT2D eigenvalue weighted by atomic mass is 35.5. The predicted molar refractivity (Wildman–Crippen MR) is 99.5 cm³/mol. The van der Waals surface area contributed by atoms with Gasteiger partial charge in [-0.1, -0.05) is 0 Å². The van der Waals surface area contributed by atoms with Crippen LogP contribution in [0.1, 0.15) is 29.6 Å². The number of nitrogens with zero attached hydrogens (tertiary/aromatic N) is 1. The Kier molecular flexibility index (Phi) is 7.04. The maximum absolute atomic E-state index is 12.3. The van der Waals surface area contributed by atoms with Crippen molar-refractivity contribution in [3.63, 3.8) is 0 Å². The van der Waals surface area contributed by atoms with Crippen molar-refractivity contribution in [2.75, 3.05) is 43.0 Å². The van der Waals surface area contributed by atoms with Crippen LogP contribution in [0.4, 0.5) is 11.4 Å². The molecule has 1 aromatic rings. The summed E-state index contributed by atoms with van der Waals surface area (Å²) in [5, 5.41) is 6.01. The third-order valence-corrected chi connectivity index (χ3v) is 4.45. The first kappa shape index (κ1) is 19.5. The Balaban J connectivity index is 0.00000225. The van der Waals surface area contributed by atoms with Crippen molar-refractivity contribution in [3.05, 3.63) is 23.8 Å². The molecule has 0 aromatic heterocycles. The largest absolute Gasteiger partial charge is 0.371 e. The van der Waals surface area contributed by atoms with Gasteiger partial charge in [-0.15, -0.1) is 12.4 Å². The molecule has 0 saturated carbocycles. The number of hydrogen-bond acceptors (Lipinski definition) is 5. The van der Waals surface area contributed by atoms with Crippen LogP contribution in [-0.4, -0.2) is 50.7 Å². The highest BCUT2D eigenvalue weighted by Crippen LogP contribution is 2.27. The van der Waals surface area contributed by atoms with Crippen LogP contribution >= 0.6 is 12.4 Å². The Morgan fingerprint density at radius 3 is 2.64 bits per heavy atom. The van der Waals surface area contributed by atoms with E-state index in [9.17, 15) is 9.59 Å². The molecule has 2 saturated heterocycles. The van der Waals surface area contributed by atoms with Gasteiger partial charge in [0, 0.05) is 31.9 Å². The van der Waals surface area contributed by atoms with Gasteiger partial charge < -0.3 is 26.0 Å². The van der Waals surface area contributed by atoms with Gasteiger partial charge in [0.25, 0.3) is 11.8 Å². The van der Waals surface area contributed by atoms with Gasteiger partial charge >= 0.3 is 0 Å². The summed E-state index contributed by atoms with van der Waals surface area (Å²) in [4.78, 5) is 26.2. The van der Waals surface area contributed by atoms with E-state index < -0.39 is 12.0 Å². The summed E-state index contributed by atoms with van der Waals surface area (Å²) in [6.07, 6.45) is 2.89. The topological polar surface area (TPSA) is 96.7 Å². The Labute approximate surface area is 153 Å². The highest BCUT2D eigenvalue weighted by Gasteiger charge is 2.23. The number of ether oxygens (including phenoxy) is 1. The average Bonchev–Trinajstić information content (AvgIpc) is 2.63. The average molecular weight is 369 g/mol. The molecule has 4 N–H and O–H groups in total. The Hall–Kier alpha value is -1.83. The van der Waals surface area contributed by atoms with Crippen molar-refractivity contribution in [2.24, 2.45) is 5.73 Å². The monoisotopic (exact) mass is 368 g/mol. The molecule has 2 aliphatic heterocycles. The van der Waals surface area contributed by atoms with E-state index in [1.165, 1.54) is 6.42 Å². The zero-order valence-electron chi connectivity index (χ0n) is 14.1. The molecule has 0 spiro atoms. The lowest BCUT2D eigenvalue weighted by atomic mass is 10.1. The number of carbonyl (C=O) groups excluding carboxylic acids is 2. The fraction of sp³-hybridized carbons (Fsp3) is 0.529. The predicted octanol–water partition coefficient (Wildman–Crippen LogP) is 1.12. The van der Waals surface area contributed by atoms with E-state index in [0.717, 1.165) is 38.2 Å². The molecule has 2 heterocycles. The SMILES string of the molecule is Cl.NC(=O)c1ccc(NC(=O)C2CNCCO2)cc1N1CCCCC1. The first-order valence-electron chi connectivity index (χ1n) is 8.47. The Morgan fingerprint density at radius 2 is 2.00 bits per heavy atom. The van der Waals surface area contributed by atoms with E-state index in [1.807, 2.05) is 6.07 Å². The molecule has 2 aliphatic rings. The maximum atomic E-state index is 12.3. The highest BCUT2D eigenvalue weighted by molar-refractivity contribution is 6.01. The smallest absolute Gasteiger partial charge is 0.254 e. The van der Waals surface area contributed by atoms with E-state index in [4.69, 9.17) is 10.5 Å². The molecule has 138 valence electrons. The van der Waals surface area contributed by atoms with Crippen LogP contribution in [0.15, 0.2) is 18.2 Å². The molecule has 25 heavy (non-hydrogen) atoms. The maximum Gasteiger partial charge on any atom is 0.254 e. The standard InChI is InChI=1S/C17H24N4O3.ClH/c18-16(22)13-5-4-12(10-14(13)21-7-2-1-3-8-21)20-17(23)15-11-19-6-9-24-15;/h4-5,10,15,19H,1-3,6-9,11H2,(H2,18,22)(H,20,23);1H. The van der Waals surface area contributed by atoms with Gasteiger partial charge in [-0.3, -0.25) is 9.59 Å². The van der Waals surface area contributed by atoms with Gasteiger partial charge in [0.1, 0.15) is 6.10 Å². The van der Waals surface area contributed by atoms with Crippen LogP contribution in [0.2, 0.25) is 0 Å². The number of amides is 2. The zero-order chi connectivity index (χ0) is 16.9. The molecule has 2 amide bonds. The molecule has 2 fully saturated rings. The summed E-state index contributed by atoms with van der Waals surface area (Å²) < 4.78 is 5.46. The second-order valence-electron chi connectivity index (χ2n) is 6.20. The lowest BCUT2D eigenvalue weighted by Gasteiger charge is -2.30. The summed E-state index contributed by atoms with van der Waals surface area (Å²) in [6, 6.07) is 5.23. The quantitative estimate of drug-likeness (QED) is 0.740. The lowest BCUT2D eigenvalue weighted by Crippen LogP contribution is -2.45. The number of nitrogens with one attached hydrogen (secondary N) is 2. The summed E-state index contributed by atoms with van der Waals surface area (Å²) in [7, 11) is 0. The fourth-order valence-corrected chi connectivity index (χ4v) is 3.17. The van der Waals surface area contributed by atoms with Crippen LogP contribution in [0.25, 0.3) is 0 Å². The third-order valence-electron chi connectivity index (χ3n) is 4.45. The van der Waals surface area contributed by atoms with Crippen LogP contribution in [0.3, 0.4) is 0 Å². The van der Waals surface area contributed by atoms with E-state index >= 15 is 0 Å². The molecule has 1 atom stereocenters.